The Morgan fingerprint density at radius 3 is 3.25 bits per heavy atom. The van der Waals surface area contributed by atoms with Crippen molar-refractivity contribution in [3.8, 4) is 10.8 Å². The van der Waals surface area contributed by atoms with Gasteiger partial charge in [0.2, 0.25) is 0 Å². The van der Waals surface area contributed by atoms with Crippen LogP contribution in [-0.4, -0.2) is 30.0 Å². The molecule has 106 valence electrons. The first-order valence-electron chi connectivity index (χ1n) is 6.77. The van der Waals surface area contributed by atoms with E-state index < -0.39 is 0 Å². The fraction of sp³-hybridized carbons (Fsp3) is 0.429. The Bertz CT molecular complexity index is 586. The lowest BCUT2D eigenvalue weighted by molar-refractivity contribution is 0.0945. The fourth-order valence-corrected chi connectivity index (χ4v) is 3.22. The second kappa shape index (κ2) is 5.76. The first-order valence-corrected chi connectivity index (χ1v) is 7.58. The number of nitrogens with one attached hydrogen (secondary N) is 2. The second-order valence-corrected chi connectivity index (χ2v) is 6.11. The summed E-state index contributed by atoms with van der Waals surface area (Å²) in [7, 11) is 0. The van der Waals surface area contributed by atoms with Crippen molar-refractivity contribution < 1.29 is 9.21 Å². The number of thiazole rings is 1. The molecule has 5 nitrogen and oxygen atoms in total. The molecule has 1 fully saturated rings. The van der Waals surface area contributed by atoms with Gasteiger partial charge in [-0.2, -0.15) is 0 Å². The van der Waals surface area contributed by atoms with Crippen molar-refractivity contribution in [3.05, 3.63) is 29.0 Å². The molecule has 6 heteroatoms. The van der Waals surface area contributed by atoms with Gasteiger partial charge >= 0.3 is 0 Å². The summed E-state index contributed by atoms with van der Waals surface area (Å²) in [5, 5.41) is 7.06. The van der Waals surface area contributed by atoms with Gasteiger partial charge in [-0.15, -0.1) is 11.3 Å². The molecule has 0 spiro atoms. The zero-order valence-electron chi connectivity index (χ0n) is 11.3. The predicted molar refractivity (Wildman–Crippen MR) is 77.9 cm³/mol. The molecule has 1 aliphatic rings. The number of aryl methyl sites for hydroxylation is 1. The van der Waals surface area contributed by atoms with E-state index in [1.807, 2.05) is 19.1 Å². The summed E-state index contributed by atoms with van der Waals surface area (Å²) in [6, 6.07) is 4.06. The number of hydrogen-bond acceptors (Lipinski definition) is 5. The molecule has 3 heterocycles. The SMILES string of the molecule is Cc1sc(-c2ccco2)nc1C(=O)NCC1CCCN1. The van der Waals surface area contributed by atoms with Gasteiger partial charge in [-0.3, -0.25) is 4.79 Å². The summed E-state index contributed by atoms with van der Waals surface area (Å²) in [5.41, 5.74) is 0.499. The summed E-state index contributed by atoms with van der Waals surface area (Å²) in [6.45, 7) is 3.61. The Hall–Kier alpha value is -1.66. The number of amides is 1. The molecule has 20 heavy (non-hydrogen) atoms. The van der Waals surface area contributed by atoms with Crippen LogP contribution in [0.5, 0.6) is 0 Å². The standard InChI is InChI=1S/C14H17N3O2S/c1-9-12(13(18)16-8-10-4-2-6-15-10)17-14(20-9)11-5-3-7-19-11/h3,5,7,10,15H,2,4,6,8H2,1H3,(H,16,18). The largest absolute Gasteiger partial charge is 0.462 e. The van der Waals surface area contributed by atoms with E-state index in [0.717, 1.165) is 22.9 Å². The molecular formula is C14H17N3O2S. The maximum atomic E-state index is 12.2. The normalized spacial score (nSPS) is 18.4. The Kier molecular flexibility index (Phi) is 3.84. The minimum absolute atomic E-state index is 0.106. The second-order valence-electron chi connectivity index (χ2n) is 4.90. The molecule has 0 aromatic carbocycles. The van der Waals surface area contributed by atoms with E-state index in [4.69, 9.17) is 4.42 Å². The maximum absolute atomic E-state index is 12.2. The Balaban J connectivity index is 1.68. The molecule has 3 rings (SSSR count). The minimum atomic E-state index is -0.106. The number of nitrogens with zero attached hydrogens (tertiary/aromatic N) is 1. The average molecular weight is 291 g/mol. The molecule has 1 aliphatic heterocycles. The Morgan fingerprint density at radius 2 is 2.55 bits per heavy atom. The van der Waals surface area contributed by atoms with E-state index in [1.54, 1.807) is 6.26 Å². The molecule has 2 aromatic heterocycles. The highest BCUT2D eigenvalue weighted by atomic mass is 32.1. The first kappa shape index (κ1) is 13.3. The average Bonchev–Trinajstić information content (AvgIpc) is 3.17. The lowest BCUT2D eigenvalue weighted by atomic mass is 10.2. The highest BCUT2D eigenvalue weighted by molar-refractivity contribution is 7.15. The van der Waals surface area contributed by atoms with Crippen LogP contribution in [-0.2, 0) is 0 Å². The number of carbonyl (C=O) groups is 1. The lowest BCUT2D eigenvalue weighted by Gasteiger charge is -2.10. The van der Waals surface area contributed by atoms with Crippen molar-refractivity contribution >= 4 is 17.2 Å². The third-order valence-electron chi connectivity index (χ3n) is 3.42. The van der Waals surface area contributed by atoms with Crippen LogP contribution >= 0.6 is 11.3 Å². The molecule has 0 radical (unpaired) electrons. The van der Waals surface area contributed by atoms with E-state index >= 15 is 0 Å². The monoisotopic (exact) mass is 291 g/mol. The third-order valence-corrected chi connectivity index (χ3v) is 4.40. The number of carbonyl (C=O) groups excluding carboxylic acids is 1. The first-order chi connectivity index (χ1) is 9.74. The van der Waals surface area contributed by atoms with Gasteiger partial charge in [0.05, 0.1) is 6.26 Å². The fourth-order valence-electron chi connectivity index (χ4n) is 2.34. The molecule has 1 atom stereocenters. The van der Waals surface area contributed by atoms with Gasteiger partial charge in [-0.25, -0.2) is 4.98 Å². The van der Waals surface area contributed by atoms with E-state index in [2.05, 4.69) is 15.6 Å². The van der Waals surface area contributed by atoms with Crippen LogP contribution < -0.4 is 10.6 Å². The zero-order chi connectivity index (χ0) is 13.9. The van der Waals surface area contributed by atoms with Crippen LogP contribution in [0.4, 0.5) is 0 Å². The molecular weight excluding hydrogens is 274 g/mol. The van der Waals surface area contributed by atoms with Crippen LogP contribution in [0.3, 0.4) is 0 Å². The minimum Gasteiger partial charge on any atom is -0.462 e. The Labute approximate surface area is 121 Å². The van der Waals surface area contributed by atoms with Crippen molar-refractivity contribution in [2.45, 2.75) is 25.8 Å². The van der Waals surface area contributed by atoms with Gasteiger partial charge in [0.25, 0.3) is 5.91 Å². The van der Waals surface area contributed by atoms with Gasteiger partial charge < -0.3 is 15.1 Å². The topological polar surface area (TPSA) is 67.2 Å². The van der Waals surface area contributed by atoms with E-state index in [1.165, 1.54) is 17.8 Å². The van der Waals surface area contributed by atoms with Crippen LogP contribution in [0.2, 0.25) is 0 Å². The van der Waals surface area contributed by atoms with Crippen molar-refractivity contribution in [1.82, 2.24) is 15.6 Å². The van der Waals surface area contributed by atoms with E-state index in [9.17, 15) is 4.79 Å². The smallest absolute Gasteiger partial charge is 0.271 e. The molecule has 2 aromatic rings. The van der Waals surface area contributed by atoms with Crippen molar-refractivity contribution in [1.29, 1.82) is 0 Å². The maximum Gasteiger partial charge on any atom is 0.271 e. The summed E-state index contributed by atoms with van der Waals surface area (Å²) in [6.07, 6.45) is 3.91. The number of rotatable bonds is 4. The van der Waals surface area contributed by atoms with Gasteiger partial charge in [0.1, 0.15) is 5.69 Å². The zero-order valence-corrected chi connectivity index (χ0v) is 12.1. The van der Waals surface area contributed by atoms with E-state index in [-0.39, 0.29) is 5.91 Å². The summed E-state index contributed by atoms with van der Waals surface area (Å²) in [4.78, 5) is 17.5. The van der Waals surface area contributed by atoms with E-state index in [0.29, 0.717) is 24.0 Å². The van der Waals surface area contributed by atoms with Crippen molar-refractivity contribution in [3.63, 3.8) is 0 Å². The third kappa shape index (κ3) is 2.76. The number of furan rings is 1. The molecule has 2 N–H and O–H groups in total. The van der Waals surface area contributed by atoms with Crippen LogP contribution in [0.1, 0.15) is 28.2 Å². The molecule has 1 saturated heterocycles. The van der Waals surface area contributed by atoms with Gasteiger partial charge in [0, 0.05) is 17.5 Å². The molecule has 0 saturated carbocycles. The quantitative estimate of drug-likeness (QED) is 0.906. The van der Waals surface area contributed by atoms with Crippen LogP contribution in [0, 0.1) is 6.92 Å². The lowest BCUT2D eigenvalue weighted by Crippen LogP contribution is -2.37. The highest BCUT2D eigenvalue weighted by Crippen LogP contribution is 2.27. The summed E-state index contributed by atoms with van der Waals surface area (Å²) >= 11 is 1.48. The van der Waals surface area contributed by atoms with Crippen LogP contribution in [0.25, 0.3) is 10.8 Å². The molecule has 1 unspecified atom stereocenters. The Morgan fingerprint density at radius 1 is 1.65 bits per heavy atom. The van der Waals surface area contributed by atoms with Crippen molar-refractivity contribution in [2.75, 3.05) is 13.1 Å². The molecule has 0 aliphatic carbocycles. The van der Waals surface area contributed by atoms with Gasteiger partial charge in [-0.1, -0.05) is 0 Å². The van der Waals surface area contributed by atoms with Gasteiger partial charge in [0.15, 0.2) is 10.8 Å². The molecule has 1 amide bonds. The number of aromatic nitrogens is 1. The summed E-state index contributed by atoms with van der Waals surface area (Å²) < 4.78 is 5.32. The van der Waals surface area contributed by atoms with Gasteiger partial charge in [-0.05, 0) is 38.4 Å². The van der Waals surface area contributed by atoms with Crippen LogP contribution in [0.15, 0.2) is 22.8 Å². The highest BCUT2D eigenvalue weighted by Gasteiger charge is 2.19. The van der Waals surface area contributed by atoms with Crippen molar-refractivity contribution in [2.24, 2.45) is 0 Å². The summed E-state index contributed by atoms with van der Waals surface area (Å²) in [5.74, 6) is 0.597. The molecule has 0 bridgehead atoms. The number of hydrogen-bond donors (Lipinski definition) is 2. The predicted octanol–water partition coefficient (Wildman–Crippen LogP) is 2.19.